The van der Waals surface area contributed by atoms with Crippen molar-refractivity contribution in [3.8, 4) is 11.4 Å². The summed E-state index contributed by atoms with van der Waals surface area (Å²) >= 11 is 0. The largest absolute Gasteiger partial charge is 0.457 e. The smallest absolute Gasteiger partial charge is 0.408 e. The molecule has 6 rings (SSSR count). The molecule has 2 N–H and O–H groups in total. The van der Waals surface area contributed by atoms with Gasteiger partial charge in [0.15, 0.2) is 0 Å². The van der Waals surface area contributed by atoms with Crippen LogP contribution in [0.15, 0.2) is 16.9 Å². The molecule has 0 fully saturated rings. The van der Waals surface area contributed by atoms with E-state index in [4.69, 9.17) is 19.2 Å². The van der Waals surface area contributed by atoms with Gasteiger partial charge in [0.1, 0.15) is 24.1 Å². The van der Waals surface area contributed by atoms with E-state index in [2.05, 4.69) is 10.6 Å². The zero-order valence-corrected chi connectivity index (χ0v) is 29.0. The second-order valence-electron chi connectivity index (χ2n) is 14.4. The Hall–Kier alpha value is -4.81. The van der Waals surface area contributed by atoms with Crippen molar-refractivity contribution >= 4 is 34.8 Å². The lowest BCUT2D eigenvalue weighted by Crippen LogP contribution is -2.53. The molecule has 13 heteroatoms. The third-order valence-electron chi connectivity index (χ3n) is 9.59. The van der Waals surface area contributed by atoms with Gasteiger partial charge in [-0.25, -0.2) is 23.8 Å². The number of aromatic nitrogens is 2. The van der Waals surface area contributed by atoms with Gasteiger partial charge in [0.25, 0.3) is 5.56 Å². The van der Waals surface area contributed by atoms with Crippen LogP contribution in [0.1, 0.15) is 101 Å². The predicted octanol–water partition coefficient (Wildman–Crippen LogP) is 4.75. The van der Waals surface area contributed by atoms with Crippen LogP contribution < -0.4 is 16.2 Å². The SMILES string of the molecule is CC[C@@]1(OC(=O)[C@@H](NC(=O)OC(C)(C)C)C(C)C)C(=O)OCc2c1cc1n(c2=O)Cc2c-1nc1cc(F)c(C)c3c1c2[C@@H](NC(C)=O)CC3. The van der Waals surface area contributed by atoms with E-state index in [1.54, 1.807) is 54.5 Å². The van der Waals surface area contributed by atoms with E-state index in [1.165, 1.54) is 17.6 Å². The normalized spacial score (nSPS) is 19.8. The van der Waals surface area contributed by atoms with Crippen LogP contribution in [0.4, 0.5) is 9.18 Å². The second kappa shape index (κ2) is 12.0. The molecule has 0 saturated heterocycles. The number of nitrogens with one attached hydrogen (secondary N) is 2. The highest BCUT2D eigenvalue weighted by molar-refractivity contribution is 5.94. The van der Waals surface area contributed by atoms with Crippen molar-refractivity contribution in [3.63, 3.8) is 0 Å². The van der Waals surface area contributed by atoms with Crippen LogP contribution in [0.2, 0.25) is 0 Å². The Labute approximate surface area is 282 Å². The van der Waals surface area contributed by atoms with Gasteiger partial charge in [0.05, 0.1) is 35.1 Å². The Bertz CT molecular complexity index is 2010. The lowest BCUT2D eigenvalue weighted by atomic mass is 9.81. The number of fused-ring (bicyclic) bond motifs is 5. The van der Waals surface area contributed by atoms with E-state index in [0.717, 1.165) is 16.5 Å². The minimum Gasteiger partial charge on any atom is -0.457 e. The average molecular weight is 677 g/mol. The number of carbonyl (C=O) groups is 4. The second-order valence-corrected chi connectivity index (χ2v) is 14.4. The topological polar surface area (TPSA) is 155 Å². The summed E-state index contributed by atoms with van der Waals surface area (Å²) in [4.78, 5) is 71.4. The summed E-state index contributed by atoms with van der Waals surface area (Å²) in [6, 6.07) is 1.41. The van der Waals surface area contributed by atoms with Crippen molar-refractivity contribution in [3.05, 3.63) is 61.7 Å². The summed E-state index contributed by atoms with van der Waals surface area (Å²) in [7, 11) is 0. The summed E-state index contributed by atoms with van der Waals surface area (Å²) < 4.78 is 33.6. The highest BCUT2D eigenvalue weighted by atomic mass is 19.1. The molecule has 3 aliphatic rings. The molecule has 0 bridgehead atoms. The molecule has 0 radical (unpaired) electrons. The van der Waals surface area contributed by atoms with Crippen molar-refractivity contribution in [2.75, 3.05) is 0 Å². The first-order valence-electron chi connectivity index (χ1n) is 16.6. The van der Waals surface area contributed by atoms with E-state index in [9.17, 15) is 24.0 Å². The molecule has 260 valence electrons. The third-order valence-corrected chi connectivity index (χ3v) is 9.59. The zero-order chi connectivity index (χ0) is 35.7. The van der Waals surface area contributed by atoms with Crippen molar-refractivity contribution in [2.24, 2.45) is 5.92 Å². The minimum absolute atomic E-state index is 0.0770. The molecule has 12 nitrogen and oxygen atoms in total. The maximum absolute atomic E-state index is 15.2. The Kier molecular flexibility index (Phi) is 8.31. The molecule has 4 heterocycles. The van der Waals surface area contributed by atoms with Gasteiger partial charge in [0.2, 0.25) is 11.5 Å². The Morgan fingerprint density at radius 2 is 1.88 bits per heavy atom. The van der Waals surface area contributed by atoms with E-state index in [-0.39, 0.29) is 42.6 Å². The summed E-state index contributed by atoms with van der Waals surface area (Å²) in [5.41, 5.74) is 1.02. The van der Waals surface area contributed by atoms with Gasteiger partial charge in [-0.05, 0) is 75.6 Å². The van der Waals surface area contributed by atoms with Crippen LogP contribution in [0.5, 0.6) is 0 Å². The van der Waals surface area contributed by atoms with Gasteiger partial charge < -0.3 is 29.4 Å². The monoisotopic (exact) mass is 676 g/mol. The summed E-state index contributed by atoms with van der Waals surface area (Å²) in [6.45, 7) is 13.1. The molecular weight excluding hydrogens is 635 g/mol. The number of esters is 2. The van der Waals surface area contributed by atoms with Crippen LogP contribution >= 0.6 is 0 Å². The minimum atomic E-state index is -2.01. The highest BCUT2D eigenvalue weighted by Gasteiger charge is 2.52. The van der Waals surface area contributed by atoms with E-state index in [1.807, 2.05) is 0 Å². The third kappa shape index (κ3) is 5.62. The van der Waals surface area contributed by atoms with Crippen LogP contribution in [0.25, 0.3) is 22.3 Å². The first-order chi connectivity index (χ1) is 23.0. The standard InChI is InChI=1S/C36H41FN4O8/c1-9-36(48-32(44)29(16(2)3)40-34(46)49-35(6,7)8)22-12-26-30-20(14-41(26)31(43)21(22)15-47-33(36)45)28-24(38-18(5)42)11-10-19-17(4)23(37)13-25(39-30)27(19)28/h12-13,16,24,29H,9-11,14-15H2,1-8H3,(H,38,42)(H,40,46)/t24-,29-,36-/m0/s1. The van der Waals surface area contributed by atoms with Crippen LogP contribution in [-0.2, 0) is 53.8 Å². The van der Waals surface area contributed by atoms with Gasteiger partial charge >= 0.3 is 18.0 Å². The number of carbonyl (C=O) groups excluding carboxylic acids is 4. The first kappa shape index (κ1) is 34.1. The number of pyridine rings is 2. The first-order valence-corrected chi connectivity index (χ1v) is 16.6. The van der Waals surface area contributed by atoms with Crippen LogP contribution in [-0.4, -0.2) is 45.1 Å². The molecule has 3 aromatic rings. The van der Waals surface area contributed by atoms with E-state index in [0.29, 0.717) is 40.9 Å². The van der Waals surface area contributed by atoms with E-state index >= 15 is 4.39 Å². The van der Waals surface area contributed by atoms with Crippen molar-refractivity contribution in [1.29, 1.82) is 0 Å². The fraction of sp³-hybridized carbons (Fsp3) is 0.500. The number of halogens is 1. The molecule has 3 atom stereocenters. The fourth-order valence-corrected chi connectivity index (χ4v) is 7.27. The Morgan fingerprint density at radius 1 is 1.16 bits per heavy atom. The number of ether oxygens (including phenoxy) is 3. The number of aryl methyl sites for hydroxylation is 1. The molecule has 2 aromatic heterocycles. The zero-order valence-electron chi connectivity index (χ0n) is 29.0. The Morgan fingerprint density at radius 3 is 2.51 bits per heavy atom. The number of rotatable bonds is 6. The number of cyclic esters (lactones) is 1. The number of benzene rings is 1. The predicted molar refractivity (Wildman–Crippen MR) is 176 cm³/mol. The van der Waals surface area contributed by atoms with Crippen molar-refractivity contribution in [1.82, 2.24) is 20.2 Å². The van der Waals surface area contributed by atoms with Gasteiger partial charge in [0, 0.05) is 29.5 Å². The lowest BCUT2D eigenvalue weighted by Gasteiger charge is -2.37. The lowest BCUT2D eigenvalue weighted by molar-refractivity contribution is -0.191. The molecule has 0 saturated carbocycles. The highest BCUT2D eigenvalue weighted by Crippen LogP contribution is 2.46. The van der Waals surface area contributed by atoms with Gasteiger partial charge in [-0.3, -0.25) is 9.59 Å². The maximum atomic E-state index is 15.2. The summed E-state index contributed by atoms with van der Waals surface area (Å²) in [6.07, 6.45) is 0.175. The number of alkyl carbamates (subject to hydrolysis) is 1. The van der Waals surface area contributed by atoms with Gasteiger partial charge in [-0.1, -0.05) is 20.8 Å². The number of nitrogens with zero attached hydrogens (tertiary/aromatic N) is 2. The summed E-state index contributed by atoms with van der Waals surface area (Å²) in [5, 5.41) is 6.34. The molecule has 0 unspecified atom stereocenters. The average Bonchev–Trinajstić information content (AvgIpc) is 3.38. The molecule has 2 aliphatic heterocycles. The fourth-order valence-electron chi connectivity index (χ4n) is 7.27. The van der Waals surface area contributed by atoms with Gasteiger partial charge in [-0.15, -0.1) is 0 Å². The maximum Gasteiger partial charge on any atom is 0.408 e. The molecule has 1 aliphatic carbocycles. The van der Waals surface area contributed by atoms with Crippen molar-refractivity contribution in [2.45, 2.75) is 111 Å². The quantitative estimate of drug-likeness (QED) is 0.218. The van der Waals surface area contributed by atoms with Crippen LogP contribution in [0, 0.1) is 18.7 Å². The molecule has 0 spiro atoms. The number of hydrogen-bond donors (Lipinski definition) is 2. The molecule has 1 aromatic carbocycles. The summed E-state index contributed by atoms with van der Waals surface area (Å²) in [5.74, 6) is -2.84. The number of amides is 2. The molecular formula is C36H41FN4O8. The Balaban J connectivity index is 1.50. The number of hydrogen-bond acceptors (Lipinski definition) is 9. The van der Waals surface area contributed by atoms with Crippen LogP contribution in [0.3, 0.4) is 0 Å². The molecule has 2 amide bonds. The van der Waals surface area contributed by atoms with Gasteiger partial charge in [-0.2, -0.15) is 0 Å². The van der Waals surface area contributed by atoms with E-state index < -0.39 is 52.6 Å². The van der Waals surface area contributed by atoms with Crippen molar-refractivity contribution < 1.29 is 37.8 Å². The molecule has 49 heavy (non-hydrogen) atoms.